The number of Topliss-reactive ketones (excluding diaryl/α,β-unsaturated/α-hetero) is 1. The Kier molecular flexibility index (Phi) is 33.1. The van der Waals surface area contributed by atoms with Crippen LogP contribution >= 0.6 is 46.4 Å². The Morgan fingerprint density at radius 1 is 0.371 bits per heavy atom. The summed E-state index contributed by atoms with van der Waals surface area (Å²) in [4.78, 5) is 94.2. The van der Waals surface area contributed by atoms with Gasteiger partial charge in [-0.25, -0.2) is 0 Å². The number of aliphatic hydroxyl groups is 1. The Morgan fingerprint density at radius 3 is 1.18 bits per heavy atom. The summed E-state index contributed by atoms with van der Waals surface area (Å²) in [5, 5.41) is 13.6. The number of ether oxygens (including phenoxy) is 19. The molecule has 18 rings (SSSR count). The maximum Gasteiger partial charge on any atom is 0.306 e. The lowest BCUT2D eigenvalue weighted by Crippen LogP contribution is -2.72. The minimum Gasteiger partial charge on any atom is -0.497 e. The van der Waals surface area contributed by atoms with E-state index in [0.29, 0.717) is 28.0 Å². The molecule has 4 amide bonds. The zero-order valence-electron chi connectivity index (χ0n) is 76.1. The minimum absolute atomic E-state index is 0.000884. The van der Waals surface area contributed by atoms with E-state index in [-0.39, 0.29) is 126 Å². The molecule has 11 aromatic carbocycles. The van der Waals surface area contributed by atoms with Crippen LogP contribution in [0.25, 0.3) is 0 Å². The highest BCUT2D eigenvalue weighted by Crippen LogP contribution is 2.48. The molecule has 728 valence electrons. The molecule has 140 heavy (non-hydrogen) atoms. The van der Waals surface area contributed by atoms with Crippen LogP contribution < -0.4 is 9.47 Å². The number of nitrogens with zero attached hydrogens (tertiary/aromatic N) is 2. The number of aliphatic hydroxyl groups excluding tert-OH is 1. The second kappa shape index (κ2) is 46.8. The van der Waals surface area contributed by atoms with Crippen molar-refractivity contribution in [3.8, 4) is 11.5 Å². The van der Waals surface area contributed by atoms with Crippen molar-refractivity contribution in [2.24, 2.45) is 0 Å². The van der Waals surface area contributed by atoms with Crippen molar-refractivity contribution in [1.29, 1.82) is 0 Å². The number of carbonyl (C=O) groups excluding carboxylic acids is 6. The molecule has 0 saturated carbocycles. The molecule has 0 aromatic heterocycles. The van der Waals surface area contributed by atoms with Crippen LogP contribution in [0.1, 0.15) is 112 Å². The zero-order valence-corrected chi connectivity index (χ0v) is 79.1. The van der Waals surface area contributed by atoms with E-state index in [4.69, 9.17) is 136 Å². The van der Waals surface area contributed by atoms with E-state index in [1.165, 1.54) is 38.3 Å². The molecule has 7 aliphatic heterocycles. The van der Waals surface area contributed by atoms with Gasteiger partial charge in [-0.1, -0.05) is 289 Å². The van der Waals surface area contributed by atoms with Crippen LogP contribution in [-0.2, 0) is 136 Å². The second-order valence-electron chi connectivity index (χ2n) is 34.6. The van der Waals surface area contributed by atoms with Crippen LogP contribution in [0.2, 0.25) is 20.1 Å². The number of rotatable bonds is 40. The number of fused-ring (bicyclic) bond motifs is 3. The van der Waals surface area contributed by atoms with Crippen molar-refractivity contribution in [2.75, 3.05) is 33.5 Å². The second-order valence-corrected chi connectivity index (χ2v) is 36.2. The number of carbonyl (C=O) groups is 6. The van der Waals surface area contributed by atoms with Crippen LogP contribution in [0.5, 0.6) is 11.5 Å². The molecule has 28 nitrogen and oxygen atoms in total. The fraction of sp³-hybridized carbons (Fsp3) is 0.333. The molecular formula is C108H102Cl4N2O26. The van der Waals surface area contributed by atoms with Gasteiger partial charge in [-0.15, -0.1) is 0 Å². The molecule has 5 fully saturated rings. The van der Waals surface area contributed by atoms with Gasteiger partial charge in [0.05, 0.1) is 129 Å². The molecule has 0 spiro atoms. The largest absolute Gasteiger partial charge is 0.497 e. The highest BCUT2D eigenvalue weighted by Gasteiger charge is 2.64. The van der Waals surface area contributed by atoms with Crippen molar-refractivity contribution in [1.82, 2.24) is 9.80 Å². The Bertz CT molecular complexity index is 6010. The Morgan fingerprint density at radius 2 is 0.743 bits per heavy atom. The molecule has 0 aliphatic carbocycles. The maximum atomic E-state index is 16.5. The molecule has 5 saturated heterocycles. The third kappa shape index (κ3) is 23.1. The lowest BCUT2D eigenvalue weighted by atomic mass is 9.92. The van der Waals surface area contributed by atoms with Gasteiger partial charge in [0.15, 0.2) is 31.3 Å². The Labute approximate surface area is 828 Å². The maximum absolute atomic E-state index is 16.5. The predicted octanol–water partition coefficient (Wildman–Crippen LogP) is 16.8. The van der Waals surface area contributed by atoms with E-state index in [0.717, 1.165) is 32.1 Å². The normalized spacial score (nSPS) is 26.6. The number of hydrogen-bond donors (Lipinski definition) is 1. The van der Waals surface area contributed by atoms with E-state index in [2.05, 4.69) is 0 Å². The van der Waals surface area contributed by atoms with Crippen molar-refractivity contribution < 1.29 is 124 Å². The lowest BCUT2D eigenvalue weighted by Gasteiger charge is -2.54. The summed E-state index contributed by atoms with van der Waals surface area (Å²) in [6, 6.07) is 82.1. The van der Waals surface area contributed by atoms with Gasteiger partial charge in [0.25, 0.3) is 23.6 Å². The van der Waals surface area contributed by atoms with E-state index in [1.807, 2.05) is 170 Å². The third-order valence-corrected chi connectivity index (χ3v) is 26.8. The molecule has 7 heterocycles. The zero-order chi connectivity index (χ0) is 96.7. The van der Waals surface area contributed by atoms with Gasteiger partial charge in [-0.05, 0) is 94.4 Å². The van der Waals surface area contributed by atoms with Crippen molar-refractivity contribution >= 4 is 81.8 Å². The van der Waals surface area contributed by atoms with Gasteiger partial charge in [-0.2, -0.15) is 0 Å². The molecule has 1 N–H and O–H groups in total. The summed E-state index contributed by atoms with van der Waals surface area (Å²) < 4.78 is 134. The SMILES string of the molecule is COc1ccc(O[C@@H]2O[C@H](COCc3ccccc3)[C@@H](O[C@@H]3O[C@H](COCc4ccccc4)[C@@H](O[C@H]4O[C@@H]5COC(c6ccccc6)O[C@H]5[C@H](O[C@H]5O[C@H](COCc6ccccc6)[C@@H](OCc6ccccc6)[C@H](OCc6ccccc6)[C@@H]5OC(=O)CCC(C)=O)[C@@H]4O)[C@H](OCc4ccccc4)[C@H]3N3C(=O)c4ccc(Cl)c(Cl)c4C3=O)[C@H](OCc3ccccc3)[C@H]2N2C(=O)c3ccc(Cl)c(Cl)c3C2=O)cc1. The average Bonchev–Trinajstić information content (AvgIpc) is 1.66. The third-order valence-electron chi connectivity index (χ3n) is 25.2. The van der Waals surface area contributed by atoms with E-state index in [1.54, 1.807) is 97.1 Å². The number of methoxy groups -OCH3 is 1. The number of esters is 1. The molecule has 11 aromatic rings. The van der Waals surface area contributed by atoms with Gasteiger partial charge >= 0.3 is 5.97 Å². The summed E-state index contributed by atoms with van der Waals surface area (Å²) >= 11 is 27.8. The number of benzene rings is 11. The van der Waals surface area contributed by atoms with Crippen molar-refractivity contribution in [2.45, 2.75) is 195 Å². The number of hydrogen-bond acceptors (Lipinski definition) is 26. The first-order valence-electron chi connectivity index (χ1n) is 46.1. The summed E-state index contributed by atoms with van der Waals surface area (Å²) in [6.07, 6.45) is -30.8. The fourth-order valence-corrected chi connectivity index (χ4v) is 19.1. The first kappa shape index (κ1) is 99.1. The van der Waals surface area contributed by atoms with Crippen LogP contribution in [-0.4, -0.2) is 207 Å². The standard InChI is InChI=1S/C108H102Cl4N2O26/c1-64(115)43-52-83(116)136-99-98(129-59-71-39-23-9-24-40-71)91(126-56-68-33-17-6-18-34-68)79(60-123-53-65-27-11-3-12-28-65)135-108(99)140-97-90(117)107(134-82-63-130-104(137-94(82)97)72-41-25-10-26-42-72)139-93-81(62-125-55-67-31-15-5-16-32-67)133-106(89(96(93)128-58-70-37-21-8-22-38-70)114-101(119)76-49-51-78(110)87(112)85(76)103(114)121)138-92-80(61-124-54-66-29-13-4-14-30-66)132-105(131-74-46-44-73(122-2)45-47-74)88(95(92)127-57-69-35-19-7-20-36-69)113-100(118)75-48-50-77(109)86(111)84(75)102(113)120/h3-42,44-51,79-82,88-99,104-108,117H,43,52-63H2,1-2H3/t79-,80-,81-,82-,88-,89-,90+,91-,92-,93-,94-,95-,96-,97-,98+,99+,104?,105-,106+,107-,108-/m1/s1. The Balaban J connectivity index is 0.792. The summed E-state index contributed by atoms with van der Waals surface area (Å²) in [7, 11) is 1.50. The monoisotopic (exact) mass is 1980 g/mol. The molecule has 1 unspecified atom stereocenters. The van der Waals surface area contributed by atoms with Gasteiger partial charge in [0.2, 0.25) is 6.29 Å². The van der Waals surface area contributed by atoms with E-state index in [9.17, 15) is 14.7 Å². The van der Waals surface area contributed by atoms with E-state index >= 15 is 19.2 Å². The van der Waals surface area contributed by atoms with Crippen molar-refractivity contribution in [3.05, 3.63) is 378 Å². The predicted molar refractivity (Wildman–Crippen MR) is 509 cm³/mol. The summed E-state index contributed by atoms with van der Waals surface area (Å²) in [5.41, 5.74) is 4.65. The first-order valence-corrected chi connectivity index (χ1v) is 47.6. The van der Waals surface area contributed by atoms with Gasteiger partial charge in [0.1, 0.15) is 109 Å². The van der Waals surface area contributed by atoms with Crippen molar-refractivity contribution in [3.63, 3.8) is 0 Å². The number of imide groups is 2. The minimum atomic E-state index is -2.07. The number of amides is 4. The Hall–Kier alpha value is -11.1. The fourth-order valence-electron chi connectivity index (χ4n) is 18.3. The highest BCUT2D eigenvalue weighted by molar-refractivity contribution is 6.46. The molecule has 7 aliphatic rings. The highest BCUT2D eigenvalue weighted by atomic mass is 35.5. The van der Waals surface area contributed by atoms with E-state index < -0.39 is 172 Å². The average molecular weight is 1990 g/mol. The first-order chi connectivity index (χ1) is 68.4. The van der Waals surface area contributed by atoms with Gasteiger partial charge in [-0.3, -0.25) is 33.8 Å². The molecule has 0 radical (unpaired) electrons. The molecule has 32 heteroatoms. The van der Waals surface area contributed by atoms with Crippen LogP contribution in [0.4, 0.5) is 0 Å². The quantitative estimate of drug-likeness (QED) is 0.0275. The smallest absolute Gasteiger partial charge is 0.306 e. The number of ketones is 1. The summed E-state index contributed by atoms with van der Waals surface area (Å²) in [5.74, 6) is -4.26. The van der Waals surface area contributed by atoms with Crippen LogP contribution in [0, 0.1) is 0 Å². The number of halogens is 4. The lowest BCUT2D eigenvalue weighted by molar-refractivity contribution is -0.409. The summed E-state index contributed by atoms with van der Waals surface area (Å²) in [6.45, 7) is -0.651. The molecular weight excluding hydrogens is 1880 g/mol. The molecule has 0 bridgehead atoms. The van der Waals surface area contributed by atoms with Gasteiger partial charge < -0.3 is 99.9 Å². The van der Waals surface area contributed by atoms with Gasteiger partial charge in [0, 0.05) is 12.0 Å². The molecule has 21 atom stereocenters. The topological polar surface area (TPSA) is 304 Å². The van der Waals surface area contributed by atoms with Crippen LogP contribution in [0.15, 0.2) is 291 Å². The van der Waals surface area contributed by atoms with Crippen LogP contribution in [0.3, 0.4) is 0 Å².